The molecule has 2 aliphatic carbocycles. The summed E-state index contributed by atoms with van der Waals surface area (Å²) in [6, 6.07) is 0.106. The monoisotopic (exact) mass is 246 g/mol. The minimum Gasteiger partial charge on any atom is -0.271 e. The number of rotatable bonds is 4. The topological polar surface area (TPSA) is 63.8 Å². The highest BCUT2D eigenvalue weighted by molar-refractivity contribution is 5.05. The zero-order valence-corrected chi connectivity index (χ0v) is 11.0. The third kappa shape index (κ3) is 2.27. The molecule has 4 nitrogen and oxygen atoms in total. The Morgan fingerprint density at radius 2 is 2.11 bits per heavy atom. The van der Waals surface area contributed by atoms with Crippen molar-refractivity contribution in [2.75, 3.05) is 0 Å². The van der Waals surface area contributed by atoms with Gasteiger partial charge in [0.15, 0.2) is 0 Å². The van der Waals surface area contributed by atoms with E-state index in [2.05, 4.69) is 15.4 Å². The van der Waals surface area contributed by atoms with Crippen LogP contribution in [0, 0.1) is 24.7 Å². The average Bonchev–Trinajstić information content (AvgIpc) is 2.99. The maximum Gasteiger partial charge on any atom is 0.146 e. The predicted octanol–water partition coefficient (Wildman–Crippen LogP) is 2.12. The number of aromatic nitrogens is 2. The summed E-state index contributed by atoms with van der Waals surface area (Å²) in [4.78, 5) is 8.80. The predicted molar refractivity (Wildman–Crippen MR) is 70.4 cm³/mol. The van der Waals surface area contributed by atoms with Crippen LogP contribution in [-0.4, -0.2) is 9.97 Å². The van der Waals surface area contributed by atoms with E-state index in [1.165, 1.54) is 25.7 Å². The van der Waals surface area contributed by atoms with Gasteiger partial charge in [0.2, 0.25) is 0 Å². The lowest BCUT2D eigenvalue weighted by atomic mass is 9.84. The van der Waals surface area contributed by atoms with Gasteiger partial charge in [0.1, 0.15) is 5.82 Å². The quantitative estimate of drug-likeness (QED) is 0.631. The molecule has 3 rings (SSSR count). The Kier molecular flexibility index (Phi) is 3.31. The summed E-state index contributed by atoms with van der Waals surface area (Å²) in [5.74, 6) is 9.25. The number of hydrazine groups is 1. The molecule has 2 fully saturated rings. The van der Waals surface area contributed by atoms with Gasteiger partial charge in [-0.05, 0) is 55.9 Å². The Labute approximate surface area is 108 Å². The first-order chi connectivity index (χ1) is 8.76. The molecule has 0 radical (unpaired) electrons. The Morgan fingerprint density at radius 3 is 2.67 bits per heavy atom. The van der Waals surface area contributed by atoms with E-state index in [0.717, 1.165) is 35.6 Å². The van der Waals surface area contributed by atoms with Gasteiger partial charge in [-0.15, -0.1) is 0 Å². The zero-order chi connectivity index (χ0) is 12.5. The molecule has 0 saturated heterocycles. The van der Waals surface area contributed by atoms with Crippen LogP contribution in [0.15, 0.2) is 12.4 Å². The molecule has 2 aliphatic rings. The molecule has 2 bridgehead atoms. The van der Waals surface area contributed by atoms with Gasteiger partial charge >= 0.3 is 0 Å². The number of hydrogen-bond donors (Lipinski definition) is 2. The zero-order valence-electron chi connectivity index (χ0n) is 11.0. The molecule has 0 aromatic carbocycles. The van der Waals surface area contributed by atoms with Crippen LogP contribution in [0.5, 0.6) is 0 Å². The Bertz CT molecular complexity index is 403. The van der Waals surface area contributed by atoms with Crippen LogP contribution in [0.2, 0.25) is 0 Å². The second-order valence-corrected chi connectivity index (χ2v) is 6.01. The van der Waals surface area contributed by atoms with Crippen molar-refractivity contribution in [1.29, 1.82) is 0 Å². The van der Waals surface area contributed by atoms with Crippen LogP contribution in [-0.2, 0) is 0 Å². The molecular weight excluding hydrogens is 224 g/mol. The molecule has 3 N–H and O–H groups in total. The lowest BCUT2D eigenvalue weighted by Gasteiger charge is -2.25. The maximum absolute atomic E-state index is 5.69. The summed E-state index contributed by atoms with van der Waals surface area (Å²) >= 11 is 0. The van der Waals surface area contributed by atoms with E-state index < -0.39 is 0 Å². The van der Waals surface area contributed by atoms with Crippen LogP contribution < -0.4 is 11.3 Å². The highest BCUT2D eigenvalue weighted by atomic mass is 15.2. The van der Waals surface area contributed by atoms with Crippen LogP contribution in [0.25, 0.3) is 0 Å². The molecule has 1 heterocycles. The van der Waals surface area contributed by atoms with E-state index >= 15 is 0 Å². The van der Waals surface area contributed by atoms with Crippen LogP contribution in [0.1, 0.15) is 49.5 Å². The molecular formula is C14H22N4. The van der Waals surface area contributed by atoms with Gasteiger partial charge < -0.3 is 0 Å². The normalized spacial score (nSPS) is 31.8. The Balaban J connectivity index is 1.67. The molecule has 1 aromatic rings. The smallest absolute Gasteiger partial charge is 0.146 e. The summed E-state index contributed by atoms with van der Waals surface area (Å²) < 4.78 is 0. The van der Waals surface area contributed by atoms with Gasteiger partial charge in [0, 0.05) is 12.4 Å². The van der Waals surface area contributed by atoms with Crippen molar-refractivity contribution in [3.8, 4) is 0 Å². The SMILES string of the molecule is Cc1cnc(C(CC2CC3CCC2C3)NN)nc1. The molecule has 2 saturated carbocycles. The third-order valence-electron chi connectivity index (χ3n) is 4.74. The maximum atomic E-state index is 5.69. The van der Waals surface area contributed by atoms with E-state index in [1.807, 2.05) is 19.3 Å². The highest BCUT2D eigenvalue weighted by Crippen LogP contribution is 2.50. The molecule has 0 amide bonds. The van der Waals surface area contributed by atoms with Crippen molar-refractivity contribution in [1.82, 2.24) is 15.4 Å². The average molecular weight is 246 g/mol. The van der Waals surface area contributed by atoms with Crippen molar-refractivity contribution < 1.29 is 0 Å². The molecule has 4 heteroatoms. The van der Waals surface area contributed by atoms with Crippen LogP contribution >= 0.6 is 0 Å². The number of nitrogens with two attached hydrogens (primary N) is 1. The lowest BCUT2D eigenvalue weighted by molar-refractivity contribution is 0.275. The fourth-order valence-electron chi connectivity index (χ4n) is 3.80. The molecule has 0 aliphatic heterocycles. The summed E-state index contributed by atoms with van der Waals surface area (Å²) in [6.07, 6.45) is 10.5. The van der Waals surface area contributed by atoms with Gasteiger partial charge in [-0.2, -0.15) is 0 Å². The van der Waals surface area contributed by atoms with Crippen molar-refractivity contribution in [2.24, 2.45) is 23.6 Å². The summed E-state index contributed by atoms with van der Waals surface area (Å²) in [7, 11) is 0. The number of fused-ring (bicyclic) bond motifs is 2. The second-order valence-electron chi connectivity index (χ2n) is 6.01. The van der Waals surface area contributed by atoms with Crippen molar-refractivity contribution in [2.45, 2.75) is 45.1 Å². The molecule has 0 spiro atoms. The molecule has 1 aromatic heterocycles. The van der Waals surface area contributed by atoms with Gasteiger partial charge in [-0.25, -0.2) is 15.4 Å². The van der Waals surface area contributed by atoms with Crippen molar-refractivity contribution >= 4 is 0 Å². The Morgan fingerprint density at radius 1 is 1.33 bits per heavy atom. The third-order valence-corrected chi connectivity index (χ3v) is 4.74. The van der Waals surface area contributed by atoms with Gasteiger partial charge in [-0.1, -0.05) is 6.42 Å². The van der Waals surface area contributed by atoms with E-state index in [0.29, 0.717) is 0 Å². The lowest BCUT2D eigenvalue weighted by Crippen LogP contribution is -2.32. The van der Waals surface area contributed by atoms with Gasteiger partial charge in [-0.3, -0.25) is 5.84 Å². The second kappa shape index (κ2) is 4.94. The van der Waals surface area contributed by atoms with Crippen molar-refractivity contribution in [3.63, 3.8) is 0 Å². The number of nitrogens with zero attached hydrogens (tertiary/aromatic N) is 2. The van der Waals surface area contributed by atoms with Crippen molar-refractivity contribution in [3.05, 3.63) is 23.8 Å². The summed E-state index contributed by atoms with van der Waals surface area (Å²) in [5.41, 5.74) is 3.99. The Hall–Kier alpha value is -1.00. The summed E-state index contributed by atoms with van der Waals surface area (Å²) in [5, 5.41) is 0. The van der Waals surface area contributed by atoms with Crippen LogP contribution in [0.4, 0.5) is 0 Å². The minimum absolute atomic E-state index is 0.106. The van der Waals surface area contributed by atoms with E-state index in [-0.39, 0.29) is 6.04 Å². The van der Waals surface area contributed by atoms with E-state index in [1.54, 1.807) is 0 Å². The van der Waals surface area contributed by atoms with E-state index in [4.69, 9.17) is 5.84 Å². The van der Waals surface area contributed by atoms with Crippen LogP contribution in [0.3, 0.4) is 0 Å². The first-order valence-corrected chi connectivity index (χ1v) is 7.01. The first kappa shape index (κ1) is 12.1. The first-order valence-electron chi connectivity index (χ1n) is 7.01. The molecule has 4 unspecified atom stereocenters. The molecule has 18 heavy (non-hydrogen) atoms. The largest absolute Gasteiger partial charge is 0.271 e. The number of hydrogen-bond acceptors (Lipinski definition) is 4. The van der Waals surface area contributed by atoms with E-state index in [9.17, 15) is 0 Å². The number of nitrogens with one attached hydrogen (secondary N) is 1. The van der Waals surface area contributed by atoms with Gasteiger partial charge in [0.05, 0.1) is 6.04 Å². The minimum atomic E-state index is 0.106. The molecule has 98 valence electrons. The van der Waals surface area contributed by atoms with Gasteiger partial charge in [0.25, 0.3) is 0 Å². The fourth-order valence-corrected chi connectivity index (χ4v) is 3.80. The standard InChI is InChI=1S/C14H22N4/c1-9-7-16-14(17-8-9)13(18-15)6-12-5-10-2-3-11(12)4-10/h7-8,10-13,18H,2-6,15H2,1H3. The molecule has 4 atom stereocenters. The highest BCUT2D eigenvalue weighted by Gasteiger charge is 2.40. The summed E-state index contributed by atoms with van der Waals surface area (Å²) in [6.45, 7) is 2.00. The number of aryl methyl sites for hydroxylation is 1. The fraction of sp³-hybridized carbons (Fsp3) is 0.714.